The zero-order valence-corrected chi connectivity index (χ0v) is 15.1. The number of benzene rings is 1. The Morgan fingerprint density at radius 2 is 1.73 bits per heavy atom. The number of methoxy groups -OCH3 is 1. The van der Waals surface area contributed by atoms with E-state index < -0.39 is 33.1 Å². The van der Waals surface area contributed by atoms with E-state index in [1.807, 2.05) is 0 Å². The van der Waals surface area contributed by atoms with Crippen LogP contribution in [-0.2, 0) is 14.9 Å². The summed E-state index contributed by atoms with van der Waals surface area (Å²) in [5, 5.41) is 0.407. The number of hydrogen-bond donors (Lipinski definition) is 0. The van der Waals surface area contributed by atoms with Gasteiger partial charge in [-0.3, -0.25) is 4.57 Å². The normalized spacial score (nSPS) is 12.9. The summed E-state index contributed by atoms with van der Waals surface area (Å²) in [7, 11) is -4.76. The second-order valence-corrected chi connectivity index (χ2v) is 7.75. The molecule has 0 N–H and O–H groups in total. The fourth-order valence-electron chi connectivity index (χ4n) is 2.00. The van der Waals surface area contributed by atoms with Crippen molar-refractivity contribution in [3.8, 4) is 11.5 Å². The topological polar surface area (TPSA) is 83.8 Å². The van der Waals surface area contributed by atoms with Crippen LogP contribution >= 0.6 is 0 Å². The molecule has 144 valence electrons. The van der Waals surface area contributed by atoms with Crippen LogP contribution in [0.25, 0.3) is 10.9 Å². The van der Waals surface area contributed by atoms with Crippen LogP contribution in [0.5, 0.6) is 11.5 Å². The van der Waals surface area contributed by atoms with Crippen molar-refractivity contribution in [1.82, 2.24) is 4.57 Å². The van der Waals surface area contributed by atoms with Gasteiger partial charge in [0.2, 0.25) is 0 Å². The van der Waals surface area contributed by atoms with Gasteiger partial charge in [-0.15, -0.1) is 0 Å². The largest absolute Gasteiger partial charge is 0.534 e. The van der Waals surface area contributed by atoms with Crippen LogP contribution < -0.4 is 8.92 Å². The standard InChI is InChI=1S/C15H16F3NO6S/c1-14(2,3)24-13(20)19-6-5-9-7-11(23-4)12(8-10(9)19)25-26(21,22)15(16,17)18/h5-8H,1-4H3. The number of aromatic nitrogens is 1. The molecule has 0 radical (unpaired) electrons. The predicted octanol–water partition coefficient (Wildman–Crippen LogP) is 3.66. The highest BCUT2D eigenvalue weighted by Crippen LogP contribution is 2.36. The van der Waals surface area contributed by atoms with Crippen molar-refractivity contribution < 1.29 is 40.0 Å². The first-order chi connectivity index (χ1) is 11.7. The molecule has 0 saturated carbocycles. The Morgan fingerprint density at radius 1 is 1.12 bits per heavy atom. The minimum absolute atomic E-state index is 0.0902. The lowest BCUT2D eigenvalue weighted by Crippen LogP contribution is -2.28. The third-order valence-corrected chi connectivity index (χ3v) is 4.01. The predicted molar refractivity (Wildman–Crippen MR) is 85.7 cm³/mol. The van der Waals surface area contributed by atoms with Gasteiger partial charge in [-0.25, -0.2) is 4.79 Å². The molecular weight excluding hydrogens is 379 g/mol. The lowest BCUT2D eigenvalue weighted by molar-refractivity contribution is -0.0500. The van der Waals surface area contributed by atoms with Crippen molar-refractivity contribution in [2.45, 2.75) is 31.9 Å². The summed E-state index contributed by atoms with van der Waals surface area (Å²) >= 11 is 0. The van der Waals surface area contributed by atoms with Gasteiger partial charge >= 0.3 is 21.7 Å². The number of rotatable bonds is 3. The van der Waals surface area contributed by atoms with Crippen LogP contribution in [0.3, 0.4) is 0 Å². The maximum atomic E-state index is 12.6. The minimum Gasteiger partial charge on any atom is -0.493 e. The molecule has 0 fully saturated rings. The first-order valence-electron chi connectivity index (χ1n) is 7.18. The number of carbonyl (C=O) groups excluding carboxylic acids is 1. The van der Waals surface area contributed by atoms with E-state index in [1.54, 1.807) is 20.8 Å². The lowest BCUT2D eigenvalue weighted by Gasteiger charge is -2.20. The fourth-order valence-corrected chi connectivity index (χ4v) is 2.46. The molecule has 1 aromatic carbocycles. The van der Waals surface area contributed by atoms with Gasteiger partial charge in [0, 0.05) is 17.6 Å². The van der Waals surface area contributed by atoms with Gasteiger partial charge in [0.25, 0.3) is 0 Å². The van der Waals surface area contributed by atoms with Crippen LogP contribution in [0, 0.1) is 0 Å². The highest BCUT2D eigenvalue weighted by Gasteiger charge is 2.49. The summed E-state index contributed by atoms with van der Waals surface area (Å²) in [5.41, 5.74) is -6.33. The average molecular weight is 395 g/mol. The van der Waals surface area contributed by atoms with Gasteiger partial charge in [-0.05, 0) is 32.9 Å². The number of fused-ring (bicyclic) bond motifs is 1. The maximum Gasteiger partial charge on any atom is 0.534 e. The van der Waals surface area contributed by atoms with Gasteiger partial charge in [0.15, 0.2) is 11.5 Å². The number of ether oxygens (including phenoxy) is 2. The summed E-state index contributed by atoms with van der Waals surface area (Å²) in [6.07, 6.45) is 0.544. The molecule has 26 heavy (non-hydrogen) atoms. The van der Waals surface area contributed by atoms with E-state index >= 15 is 0 Å². The number of hydrogen-bond acceptors (Lipinski definition) is 6. The monoisotopic (exact) mass is 395 g/mol. The van der Waals surface area contributed by atoms with E-state index in [0.29, 0.717) is 5.39 Å². The zero-order valence-electron chi connectivity index (χ0n) is 14.2. The van der Waals surface area contributed by atoms with Gasteiger partial charge in [-0.1, -0.05) is 0 Å². The Kier molecular flexibility index (Phi) is 4.88. The van der Waals surface area contributed by atoms with Crippen LogP contribution in [-0.4, -0.2) is 37.3 Å². The van der Waals surface area contributed by atoms with E-state index in [9.17, 15) is 26.4 Å². The van der Waals surface area contributed by atoms with E-state index in [4.69, 9.17) is 9.47 Å². The number of alkyl halides is 3. The van der Waals surface area contributed by atoms with E-state index in [2.05, 4.69) is 4.18 Å². The van der Waals surface area contributed by atoms with Gasteiger partial charge in [-0.2, -0.15) is 21.6 Å². The van der Waals surface area contributed by atoms with Crippen molar-refractivity contribution in [3.05, 3.63) is 24.4 Å². The molecule has 0 atom stereocenters. The summed E-state index contributed by atoms with van der Waals surface area (Å²) in [4.78, 5) is 12.2. The smallest absolute Gasteiger partial charge is 0.493 e. The second kappa shape index (κ2) is 6.38. The summed E-state index contributed by atoms with van der Waals surface area (Å²) in [6, 6.07) is 3.70. The van der Waals surface area contributed by atoms with E-state index in [-0.39, 0.29) is 11.3 Å². The molecular formula is C15H16F3NO6S. The molecule has 1 heterocycles. The minimum atomic E-state index is -5.90. The third-order valence-electron chi connectivity index (χ3n) is 3.05. The third kappa shape index (κ3) is 4.03. The number of halogens is 3. The molecule has 0 amide bonds. The van der Waals surface area contributed by atoms with Gasteiger partial charge < -0.3 is 13.7 Å². The Balaban J connectivity index is 2.55. The first-order valence-corrected chi connectivity index (χ1v) is 8.59. The Hall–Kier alpha value is -2.43. The molecule has 11 heteroatoms. The van der Waals surface area contributed by atoms with Crippen molar-refractivity contribution in [3.63, 3.8) is 0 Å². The lowest BCUT2D eigenvalue weighted by atomic mass is 10.2. The molecule has 1 aromatic heterocycles. The summed E-state index contributed by atoms with van der Waals surface area (Å²) < 4.78 is 75.5. The number of nitrogens with zero attached hydrogens (tertiary/aromatic N) is 1. The molecule has 0 bridgehead atoms. The van der Waals surface area contributed by atoms with E-state index in [0.717, 1.165) is 17.7 Å². The SMILES string of the molecule is COc1cc2ccn(C(=O)OC(C)(C)C)c2cc1OS(=O)(=O)C(F)(F)F. The van der Waals surface area contributed by atoms with Crippen molar-refractivity contribution in [2.24, 2.45) is 0 Å². The van der Waals surface area contributed by atoms with Crippen molar-refractivity contribution >= 4 is 27.1 Å². The van der Waals surface area contributed by atoms with Crippen LogP contribution in [0.4, 0.5) is 18.0 Å². The molecule has 0 spiro atoms. The molecule has 0 aliphatic rings. The van der Waals surface area contributed by atoms with Gasteiger partial charge in [0.05, 0.1) is 12.6 Å². The van der Waals surface area contributed by atoms with Gasteiger partial charge in [0.1, 0.15) is 5.60 Å². The van der Waals surface area contributed by atoms with Crippen LogP contribution in [0.15, 0.2) is 24.4 Å². The first kappa shape index (κ1) is 19.9. The molecule has 0 saturated heterocycles. The second-order valence-electron chi connectivity index (χ2n) is 6.21. The quantitative estimate of drug-likeness (QED) is 0.583. The molecule has 2 rings (SSSR count). The van der Waals surface area contributed by atoms with Crippen LogP contribution in [0.2, 0.25) is 0 Å². The fraction of sp³-hybridized carbons (Fsp3) is 0.400. The number of carbonyl (C=O) groups is 1. The molecule has 7 nitrogen and oxygen atoms in total. The van der Waals surface area contributed by atoms with Crippen molar-refractivity contribution in [1.29, 1.82) is 0 Å². The summed E-state index contributed by atoms with van der Waals surface area (Å²) in [5.74, 6) is -0.951. The molecule has 0 aliphatic carbocycles. The Bertz CT molecular complexity index is 941. The molecule has 0 aliphatic heterocycles. The maximum absolute atomic E-state index is 12.6. The van der Waals surface area contributed by atoms with E-state index in [1.165, 1.54) is 18.3 Å². The highest BCUT2D eigenvalue weighted by atomic mass is 32.2. The molecule has 2 aromatic rings. The highest BCUT2D eigenvalue weighted by molar-refractivity contribution is 7.88. The summed E-state index contributed by atoms with van der Waals surface area (Å²) in [6.45, 7) is 4.93. The Morgan fingerprint density at radius 3 is 2.23 bits per heavy atom. The van der Waals surface area contributed by atoms with Crippen LogP contribution in [0.1, 0.15) is 20.8 Å². The molecule has 0 unspecified atom stereocenters. The van der Waals surface area contributed by atoms with Crippen molar-refractivity contribution in [2.75, 3.05) is 7.11 Å². The zero-order chi connectivity index (χ0) is 19.9. The average Bonchev–Trinajstić information content (AvgIpc) is 2.85. The Labute approximate surface area is 147 Å².